The van der Waals surface area contributed by atoms with Gasteiger partial charge in [0.2, 0.25) is 0 Å². The van der Waals surface area contributed by atoms with Gasteiger partial charge in [-0.25, -0.2) is 14.4 Å². The molecule has 104 valence electrons. The molecule has 1 N–H and O–H groups in total. The summed E-state index contributed by atoms with van der Waals surface area (Å²) in [5, 5.41) is 3.57. The zero-order chi connectivity index (χ0) is 14.8. The van der Waals surface area contributed by atoms with E-state index in [-0.39, 0.29) is 16.8 Å². The van der Waals surface area contributed by atoms with Gasteiger partial charge in [0.15, 0.2) is 11.0 Å². The number of nitrogens with one attached hydrogen (secondary N) is 1. The molecule has 0 bridgehead atoms. The van der Waals surface area contributed by atoms with Crippen molar-refractivity contribution in [1.29, 1.82) is 0 Å². The molecule has 0 aliphatic carbocycles. The van der Waals surface area contributed by atoms with Crippen molar-refractivity contribution in [3.05, 3.63) is 65.3 Å². The molecule has 1 aromatic heterocycles. The molecule has 3 aromatic rings. The van der Waals surface area contributed by atoms with Crippen molar-refractivity contribution in [2.24, 2.45) is 0 Å². The number of anilines is 1. The second-order valence-corrected chi connectivity index (χ2v) is 4.65. The molecule has 0 spiro atoms. The quantitative estimate of drug-likeness (QED) is 0.785. The fourth-order valence-electron chi connectivity index (χ4n) is 2.04. The first kappa shape index (κ1) is 13.5. The number of aromatic nitrogens is 2. The van der Waals surface area contributed by atoms with Crippen molar-refractivity contribution in [3.63, 3.8) is 0 Å². The molecule has 0 fully saturated rings. The van der Waals surface area contributed by atoms with Crippen LogP contribution in [0.3, 0.4) is 0 Å². The fraction of sp³-hybridized carbons (Fsp3) is 0. The molecule has 0 radical (unpaired) electrons. The van der Waals surface area contributed by atoms with Gasteiger partial charge in [0.05, 0.1) is 0 Å². The van der Waals surface area contributed by atoms with E-state index in [4.69, 9.17) is 11.6 Å². The Morgan fingerprint density at radius 2 is 1.76 bits per heavy atom. The number of carbonyl (C=O) groups excluding carboxylic acids is 1. The van der Waals surface area contributed by atoms with E-state index in [0.29, 0.717) is 16.3 Å². The summed E-state index contributed by atoms with van der Waals surface area (Å²) < 4.78 is 13.7. The predicted octanol–water partition coefficient (Wildman–Crippen LogP) is 3.67. The number of benzene rings is 2. The molecule has 1 amide bonds. The summed E-state index contributed by atoms with van der Waals surface area (Å²) in [6.07, 6.45) is 2.84. The Kier molecular flexibility index (Phi) is 3.50. The van der Waals surface area contributed by atoms with E-state index in [1.165, 1.54) is 24.5 Å². The molecule has 0 atom stereocenters. The SMILES string of the molecule is O=C(Nc1nccnc1Cl)c1ccc(F)c2ccccc12. The molecular formula is C15H9ClFN3O. The van der Waals surface area contributed by atoms with E-state index >= 15 is 0 Å². The topological polar surface area (TPSA) is 54.9 Å². The van der Waals surface area contributed by atoms with Gasteiger partial charge in [-0.1, -0.05) is 35.9 Å². The predicted molar refractivity (Wildman–Crippen MR) is 78.9 cm³/mol. The van der Waals surface area contributed by atoms with Crippen molar-refractivity contribution in [2.75, 3.05) is 5.32 Å². The molecule has 21 heavy (non-hydrogen) atoms. The van der Waals surface area contributed by atoms with Crippen LogP contribution in [-0.4, -0.2) is 15.9 Å². The summed E-state index contributed by atoms with van der Waals surface area (Å²) in [7, 11) is 0. The fourth-order valence-corrected chi connectivity index (χ4v) is 2.19. The van der Waals surface area contributed by atoms with Crippen LogP contribution in [0, 0.1) is 5.82 Å². The zero-order valence-corrected chi connectivity index (χ0v) is 11.4. The first-order chi connectivity index (χ1) is 10.2. The van der Waals surface area contributed by atoms with E-state index in [9.17, 15) is 9.18 Å². The number of fused-ring (bicyclic) bond motifs is 1. The van der Waals surface area contributed by atoms with Gasteiger partial charge in [0.1, 0.15) is 5.82 Å². The second kappa shape index (κ2) is 5.46. The lowest BCUT2D eigenvalue weighted by Crippen LogP contribution is -2.14. The standard InChI is InChI=1S/C15H9ClFN3O/c16-13-14(19-8-7-18-13)20-15(21)11-5-6-12(17)10-4-2-1-3-9(10)11/h1-8H,(H,19,20,21). The Morgan fingerprint density at radius 1 is 1.05 bits per heavy atom. The highest BCUT2D eigenvalue weighted by Gasteiger charge is 2.14. The van der Waals surface area contributed by atoms with Crippen LogP contribution in [-0.2, 0) is 0 Å². The van der Waals surface area contributed by atoms with E-state index in [1.54, 1.807) is 24.3 Å². The molecule has 0 aliphatic rings. The minimum Gasteiger partial charge on any atom is -0.304 e. The van der Waals surface area contributed by atoms with E-state index < -0.39 is 5.91 Å². The molecule has 2 aromatic carbocycles. The summed E-state index contributed by atoms with van der Waals surface area (Å²) >= 11 is 5.85. The molecule has 0 saturated carbocycles. The van der Waals surface area contributed by atoms with Gasteiger partial charge in [0.25, 0.3) is 5.91 Å². The summed E-state index contributed by atoms with van der Waals surface area (Å²) in [5.41, 5.74) is 0.341. The molecule has 4 nitrogen and oxygen atoms in total. The number of hydrogen-bond acceptors (Lipinski definition) is 3. The summed E-state index contributed by atoms with van der Waals surface area (Å²) in [5.74, 6) is -0.633. The minimum atomic E-state index is -0.423. The maximum absolute atomic E-state index is 13.7. The highest BCUT2D eigenvalue weighted by molar-refractivity contribution is 6.32. The Morgan fingerprint density at radius 3 is 2.52 bits per heavy atom. The van der Waals surface area contributed by atoms with Crippen LogP contribution < -0.4 is 5.32 Å². The highest BCUT2D eigenvalue weighted by atomic mass is 35.5. The van der Waals surface area contributed by atoms with E-state index in [0.717, 1.165) is 0 Å². The minimum absolute atomic E-state index is 0.0947. The van der Waals surface area contributed by atoms with E-state index in [1.807, 2.05) is 0 Å². The molecule has 1 heterocycles. The van der Waals surface area contributed by atoms with Crippen LogP contribution in [0.15, 0.2) is 48.8 Å². The van der Waals surface area contributed by atoms with Crippen LogP contribution in [0.5, 0.6) is 0 Å². The van der Waals surface area contributed by atoms with Crippen molar-refractivity contribution >= 4 is 34.1 Å². The Labute approximate surface area is 124 Å². The van der Waals surface area contributed by atoms with Gasteiger partial charge in [-0.3, -0.25) is 4.79 Å². The third kappa shape index (κ3) is 2.55. The van der Waals surface area contributed by atoms with Gasteiger partial charge in [-0.2, -0.15) is 0 Å². The molecule has 0 saturated heterocycles. The Bertz CT molecular complexity index is 838. The molecule has 0 aliphatic heterocycles. The molecule has 0 unspecified atom stereocenters. The van der Waals surface area contributed by atoms with Crippen molar-refractivity contribution in [1.82, 2.24) is 9.97 Å². The van der Waals surface area contributed by atoms with Crippen LogP contribution in [0.2, 0.25) is 5.15 Å². The van der Waals surface area contributed by atoms with Gasteiger partial charge in [0, 0.05) is 23.3 Å². The average Bonchev–Trinajstić information content (AvgIpc) is 2.50. The van der Waals surface area contributed by atoms with Gasteiger partial charge in [-0.05, 0) is 17.5 Å². The number of halogens is 2. The maximum Gasteiger partial charge on any atom is 0.257 e. The van der Waals surface area contributed by atoms with Crippen molar-refractivity contribution in [3.8, 4) is 0 Å². The largest absolute Gasteiger partial charge is 0.304 e. The first-order valence-corrected chi connectivity index (χ1v) is 6.50. The number of rotatable bonds is 2. The molecular weight excluding hydrogens is 293 g/mol. The van der Waals surface area contributed by atoms with Crippen LogP contribution in [0.25, 0.3) is 10.8 Å². The third-order valence-corrected chi connectivity index (χ3v) is 3.28. The normalized spacial score (nSPS) is 10.6. The number of nitrogens with zero attached hydrogens (tertiary/aromatic N) is 2. The van der Waals surface area contributed by atoms with Crippen molar-refractivity contribution in [2.45, 2.75) is 0 Å². The van der Waals surface area contributed by atoms with Crippen molar-refractivity contribution < 1.29 is 9.18 Å². The molecule has 6 heteroatoms. The first-order valence-electron chi connectivity index (χ1n) is 6.12. The summed E-state index contributed by atoms with van der Waals surface area (Å²) in [6, 6.07) is 9.45. The number of amides is 1. The van der Waals surface area contributed by atoms with Gasteiger partial charge >= 0.3 is 0 Å². The third-order valence-electron chi connectivity index (χ3n) is 3.00. The number of carbonyl (C=O) groups is 1. The molecule has 3 rings (SSSR count). The lowest BCUT2D eigenvalue weighted by molar-refractivity contribution is 0.102. The second-order valence-electron chi connectivity index (χ2n) is 4.29. The average molecular weight is 302 g/mol. The number of hydrogen-bond donors (Lipinski definition) is 1. The maximum atomic E-state index is 13.7. The summed E-state index contributed by atoms with van der Waals surface area (Å²) in [4.78, 5) is 20.1. The van der Waals surface area contributed by atoms with Crippen LogP contribution >= 0.6 is 11.6 Å². The monoisotopic (exact) mass is 301 g/mol. The zero-order valence-electron chi connectivity index (χ0n) is 10.7. The van der Waals surface area contributed by atoms with Gasteiger partial charge in [-0.15, -0.1) is 0 Å². The lowest BCUT2D eigenvalue weighted by Gasteiger charge is -2.08. The smallest absolute Gasteiger partial charge is 0.257 e. The van der Waals surface area contributed by atoms with Crippen LogP contribution in [0.4, 0.5) is 10.2 Å². The lowest BCUT2D eigenvalue weighted by atomic mass is 10.0. The highest BCUT2D eigenvalue weighted by Crippen LogP contribution is 2.23. The summed E-state index contributed by atoms with van der Waals surface area (Å²) in [6.45, 7) is 0. The Hall–Kier alpha value is -2.53. The van der Waals surface area contributed by atoms with Gasteiger partial charge < -0.3 is 5.32 Å². The van der Waals surface area contributed by atoms with E-state index in [2.05, 4.69) is 15.3 Å². The van der Waals surface area contributed by atoms with Crippen LogP contribution in [0.1, 0.15) is 10.4 Å². The Balaban J connectivity index is 2.03.